The van der Waals surface area contributed by atoms with Crippen molar-refractivity contribution < 1.29 is 14.5 Å². The van der Waals surface area contributed by atoms with Gasteiger partial charge in [0.05, 0.1) is 5.69 Å². The summed E-state index contributed by atoms with van der Waals surface area (Å²) in [6.45, 7) is 2.10. The standard InChI is InChI=1S/C16H15Cl2FN2O/c1-10(12-4-2-3-5-13(12)18)20-9-16(22)21-15-8-11(17)6-7-14(15)19/h2-8,10,20H,9H2,1H3,(H,21,22)/p+1/t10-/m1/s1. The largest absolute Gasteiger partial charge is 0.332 e. The number of rotatable bonds is 5. The van der Waals surface area contributed by atoms with Crippen LogP contribution in [0.2, 0.25) is 10.0 Å². The molecule has 3 nitrogen and oxygen atoms in total. The Morgan fingerprint density at radius 1 is 1.27 bits per heavy atom. The third-order valence-electron chi connectivity index (χ3n) is 3.26. The van der Waals surface area contributed by atoms with Gasteiger partial charge in [-0.1, -0.05) is 41.4 Å². The van der Waals surface area contributed by atoms with E-state index < -0.39 is 5.82 Å². The van der Waals surface area contributed by atoms with Crippen LogP contribution in [0.1, 0.15) is 18.5 Å². The lowest BCUT2D eigenvalue weighted by atomic mass is 10.1. The van der Waals surface area contributed by atoms with Crippen LogP contribution in [0.15, 0.2) is 42.5 Å². The van der Waals surface area contributed by atoms with E-state index in [-0.39, 0.29) is 24.2 Å². The van der Waals surface area contributed by atoms with Crippen LogP contribution in [-0.4, -0.2) is 12.5 Å². The highest BCUT2D eigenvalue weighted by molar-refractivity contribution is 6.31. The van der Waals surface area contributed by atoms with Crippen LogP contribution in [-0.2, 0) is 4.79 Å². The Morgan fingerprint density at radius 3 is 2.73 bits per heavy atom. The number of nitrogens with one attached hydrogen (secondary N) is 1. The van der Waals surface area contributed by atoms with E-state index in [1.807, 2.05) is 36.5 Å². The molecule has 6 heteroatoms. The van der Waals surface area contributed by atoms with E-state index in [4.69, 9.17) is 23.2 Å². The zero-order valence-electron chi connectivity index (χ0n) is 11.9. The SMILES string of the molecule is C[C@@H]([NH2+]CC(=O)Nc1cc(Cl)ccc1F)c1ccccc1Cl. The first-order chi connectivity index (χ1) is 10.5. The lowest BCUT2D eigenvalue weighted by Gasteiger charge is -2.12. The van der Waals surface area contributed by atoms with Crippen molar-refractivity contribution in [2.75, 3.05) is 11.9 Å². The summed E-state index contributed by atoms with van der Waals surface area (Å²) in [4.78, 5) is 11.9. The molecule has 0 heterocycles. The van der Waals surface area contributed by atoms with Gasteiger partial charge in [0.1, 0.15) is 11.9 Å². The van der Waals surface area contributed by atoms with Crippen molar-refractivity contribution in [1.82, 2.24) is 0 Å². The molecule has 0 aliphatic carbocycles. The Kier molecular flexibility index (Phi) is 5.77. The number of hydrogen-bond acceptors (Lipinski definition) is 1. The Labute approximate surface area is 138 Å². The summed E-state index contributed by atoms with van der Waals surface area (Å²) in [6.07, 6.45) is 0. The first-order valence-corrected chi connectivity index (χ1v) is 7.55. The number of nitrogens with two attached hydrogens (primary N) is 1. The average molecular weight is 342 g/mol. The maximum absolute atomic E-state index is 13.5. The van der Waals surface area contributed by atoms with Gasteiger partial charge in [-0.25, -0.2) is 4.39 Å². The van der Waals surface area contributed by atoms with E-state index in [0.29, 0.717) is 10.0 Å². The van der Waals surface area contributed by atoms with Crippen molar-refractivity contribution in [2.24, 2.45) is 0 Å². The molecule has 2 aromatic carbocycles. The molecule has 0 radical (unpaired) electrons. The molecular formula is C16H16Cl2FN2O+. The number of carbonyl (C=O) groups is 1. The number of hydrogen-bond donors (Lipinski definition) is 2. The van der Waals surface area contributed by atoms with Gasteiger partial charge in [-0.15, -0.1) is 0 Å². The maximum Gasteiger partial charge on any atom is 0.279 e. The van der Waals surface area contributed by atoms with E-state index in [1.165, 1.54) is 18.2 Å². The smallest absolute Gasteiger partial charge is 0.279 e. The first kappa shape index (κ1) is 16.7. The zero-order chi connectivity index (χ0) is 16.1. The Hall–Kier alpha value is -1.62. The summed E-state index contributed by atoms with van der Waals surface area (Å²) < 4.78 is 13.5. The first-order valence-electron chi connectivity index (χ1n) is 6.80. The van der Waals surface area contributed by atoms with Gasteiger partial charge in [0.15, 0.2) is 6.54 Å². The molecule has 0 spiro atoms. The third-order valence-corrected chi connectivity index (χ3v) is 3.83. The van der Waals surface area contributed by atoms with Crippen molar-refractivity contribution in [3.8, 4) is 0 Å². The summed E-state index contributed by atoms with van der Waals surface area (Å²) in [6, 6.07) is 11.5. The second kappa shape index (κ2) is 7.58. The van der Waals surface area contributed by atoms with E-state index in [9.17, 15) is 9.18 Å². The van der Waals surface area contributed by atoms with Gasteiger partial charge in [0.25, 0.3) is 5.91 Å². The van der Waals surface area contributed by atoms with Crippen molar-refractivity contribution in [3.63, 3.8) is 0 Å². The maximum atomic E-state index is 13.5. The highest BCUT2D eigenvalue weighted by Crippen LogP contribution is 2.20. The molecule has 2 rings (SSSR count). The van der Waals surface area contributed by atoms with Crippen LogP contribution in [0.5, 0.6) is 0 Å². The highest BCUT2D eigenvalue weighted by atomic mass is 35.5. The Bertz CT molecular complexity index is 679. The summed E-state index contributed by atoms with van der Waals surface area (Å²) >= 11 is 11.9. The van der Waals surface area contributed by atoms with Gasteiger partial charge in [-0.2, -0.15) is 0 Å². The number of quaternary nitrogens is 1. The molecule has 0 aromatic heterocycles. The molecule has 3 N–H and O–H groups in total. The fraction of sp³-hybridized carbons (Fsp3) is 0.188. The van der Waals surface area contributed by atoms with E-state index in [2.05, 4.69) is 5.32 Å². The van der Waals surface area contributed by atoms with Gasteiger partial charge in [-0.05, 0) is 31.2 Å². The van der Waals surface area contributed by atoms with Crippen molar-refractivity contribution >= 4 is 34.8 Å². The van der Waals surface area contributed by atoms with Gasteiger partial charge >= 0.3 is 0 Å². The average Bonchev–Trinajstić information content (AvgIpc) is 2.49. The number of halogens is 3. The molecule has 0 saturated heterocycles. The summed E-state index contributed by atoms with van der Waals surface area (Å²) in [7, 11) is 0. The van der Waals surface area contributed by atoms with Crippen molar-refractivity contribution in [3.05, 3.63) is 63.9 Å². The molecule has 0 aliphatic rings. The Balaban J connectivity index is 1.93. The zero-order valence-corrected chi connectivity index (χ0v) is 13.5. The minimum absolute atomic E-state index is 0.0173. The predicted molar refractivity (Wildman–Crippen MR) is 86.7 cm³/mol. The number of amides is 1. The molecule has 0 bridgehead atoms. The van der Waals surface area contributed by atoms with Gasteiger partial charge in [-0.3, -0.25) is 4.79 Å². The summed E-state index contributed by atoms with van der Waals surface area (Å²) in [5.41, 5.74) is 1.03. The molecule has 1 atom stereocenters. The fourth-order valence-corrected chi connectivity index (χ4v) is 2.53. The van der Waals surface area contributed by atoms with Gasteiger partial charge in [0.2, 0.25) is 0 Å². The molecule has 1 amide bonds. The molecule has 0 unspecified atom stereocenters. The Morgan fingerprint density at radius 2 is 2.00 bits per heavy atom. The van der Waals surface area contributed by atoms with Crippen LogP contribution in [0.25, 0.3) is 0 Å². The van der Waals surface area contributed by atoms with E-state index >= 15 is 0 Å². The molecule has 116 valence electrons. The van der Waals surface area contributed by atoms with Crippen LogP contribution in [0.4, 0.5) is 10.1 Å². The predicted octanol–water partition coefficient (Wildman–Crippen LogP) is 3.40. The molecule has 22 heavy (non-hydrogen) atoms. The number of benzene rings is 2. The van der Waals surface area contributed by atoms with Gasteiger partial charge in [0, 0.05) is 15.6 Å². The lowest BCUT2D eigenvalue weighted by molar-refractivity contribution is -0.682. The minimum atomic E-state index is -0.517. The summed E-state index contributed by atoms with van der Waals surface area (Å²) in [5, 5.41) is 5.37. The van der Waals surface area contributed by atoms with E-state index in [0.717, 1.165) is 5.56 Å². The second-order valence-corrected chi connectivity index (χ2v) is 5.77. The summed E-state index contributed by atoms with van der Waals surface area (Å²) in [5.74, 6) is -0.822. The molecule has 0 aliphatic heterocycles. The third kappa shape index (κ3) is 4.44. The fourth-order valence-electron chi connectivity index (χ4n) is 2.05. The second-order valence-electron chi connectivity index (χ2n) is 4.92. The number of carbonyl (C=O) groups excluding carboxylic acids is 1. The van der Waals surface area contributed by atoms with Crippen LogP contribution < -0.4 is 10.6 Å². The monoisotopic (exact) mass is 341 g/mol. The number of anilines is 1. The van der Waals surface area contributed by atoms with Crippen LogP contribution >= 0.6 is 23.2 Å². The molecular weight excluding hydrogens is 326 g/mol. The minimum Gasteiger partial charge on any atom is -0.332 e. The quantitative estimate of drug-likeness (QED) is 0.860. The normalized spacial score (nSPS) is 12.0. The van der Waals surface area contributed by atoms with Crippen molar-refractivity contribution in [1.29, 1.82) is 0 Å². The van der Waals surface area contributed by atoms with Gasteiger partial charge < -0.3 is 10.6 Å². The van der Waals surface area contributed by atoms with E-state index in [1.54, 1.807) is 0 Å². The molecule has 0 saturated carbocycles. The van der Waals surface area contributed by atoms with Crippen molar-refractivity contribution in [2.45, 2.75) is 13.0 Å². The topological polar surface area (TPSA) is 45.7 Å². The van der Waals surface area contributed by atoms with Crippen LogP contribution in [0.3, 0.4) is 0 Å². The molecule has 0 fully saturated rings. The lowest BCUT2D eigenvalue weighted by Crippen LogP contribution is -2.86. The molecule has 2 aromatic rings. The highest BCUT2D eigenvalue weighted by Gasteiger charge is 2.15. The van der Waals surface area contributed by atoms with Crippen LogP contribution in [0, 0.1) is 5.82 Å².